The first-order valence-electron chi connectivity index (χ1n) is 8.99. The fraction of sp³-hybridized carbons (Fsp3) is 0.500. The number of nitrogens with zero attached hydrogens (tertiary/aromatic N) is 2. The van der Waals surface area contributed by atoms with Gasteiger partial charge < -0.3 is 5.73 Å². The minimum Gasteiger partial charge on any atom is -0.365 e. The van der Waals surface area contributed by atoms with Gasteiger partial charge in [-0.05, 0) is 43.7 Å². The van der Waals surface area contributed by atoms with E-state index in [4.69, 9.17) is 5.73 Å². The molecule has 3 N–H and O–H groups in total. The molecular formula is C18H26N4O4S2. The smallest absolute Gasteiger partial charge is 0.265 e. The molecule has 0 radical (unpaired) electrons. The van der Waals surface area contributed by atoms with E-state index in [2.05, 4.69) is 9.82 Å². The largest absolute Gasteiger partial charge is 0.365 e. The van der Waals surface area contributed by atoms with Crippen molar-refractivity contribution >= 4 is 33.2 Å². The summed E-state index contributed by atoms with van der Waals surface area (Å²) in [6.45, 7) is 7.93. The molecule has 10 heteroatoms. The second-order valence-electron chi connectivity index (χ2n) is 7.36. The third-order valence-corrected chi connectivity index (χ3v) is 6.60. The van der Waals surface area contributed by atoms with Crippen molar-refractivity contribution < 1.29 is 18.0 Å². The van der Waals surface area contributed by atoms with Crippen LogP contribution in [0.2, 0.25) is 0 Å². The Morgan fingerprint density at radius 1 is 1.25 bits per heavy atom. The van der Waals surface area contributed by atoms with E-state index in [0.717, 1.165) is 17.0 Å². The number of carbonyl (C=O) groups excluding carboxylic acids is 2. The first kappa shape index (κ1) is 22.1. The summed E-state index contributed by atoms with van der Waals surface area (Å²) in [7, 11) is -4.19. The molecule has 2 aromatic rings. The quantitative estimate of drug-likeness (QED) is 0.637. The maximum atomic E-state index is 12.8. The summed E-state index contributed by atoms with van der Waals surface area (Å²) in [5, 5.41) is 5.90. The standard InChI is InChI=1S/C18H26N4O4S2/c1-11(2)9-13(10-14-5-7-22(20-14)12(3)4)18(24)21-28(25,26)15-6-8-27-16(15)17(19)23/h5-8,11-13H,9-10H2,1-4H3,(H2,19,23)(H,21,24). The van der Waals surface area contributed by atoms with Gasteiger partial charge in [0.2, 0.25) is 5.91 Å². The van der Waals surface area contributed by atoms with E-state index in [1.54, 1.807) is 4.68 Å². The second-order valence-corrected chi connectivity index (χ2v) is 9.93. The van der Waals surface area contributed by atoms with Crippen LogP contribution in [0.3, 0.4) is 0 Å². The molecule has 0 aromatic carbocycles. The summed E-state index contributed by atoms with van der Waals surface area (Å²) < 4.78 is 29.1. The Balaban J connectivity index is 2.22. The van der Waals surface area contributed by atoms with Crippen LogP contribution in [-0.4, -0.2) is 30.0 Å². The Kier molecular flexibility index (Phi) is 7.00. The number of amides is 2. The van der Waals surface area contributed by atoms with Crippen molar-refractivity contribution in [2.75, 3.05) is 0 Å². The van der Waals surface area contributed by atoms with Crippen molar-refractivity contribution in [1.82, 2.24) is 14.5 Å². The second kappa shape index (κ2) is 8.87. The molecule has 0 saturated heterocycles. The molecule has 2 heterocycles. The van der Waals surface area contributed by atoms with Crippen LogP contribution in [0.25, 0.3) is 0 Å². The van der Waals surface area contributed by atoms with Gasteiger partial charge in [-0.1, -0.05) is 13.8 Å². The highest BCUT2D eigenvalue weighted by Gasteiger charge is 2.29. The van der Waals surface area contributed by atoms with E-state index >= 15 is 0 Å². The molecule has 0 aliphatic carbocycles. The molecular weight excluding hydrogens is 400 g/mol. The van der Waals surface area contributed by atoms with E-state index in [0.29, 0.717) is 12.8 Å². The van der Waals surface area contributed by atoms with Gasteiger partial charge in [0, 0.05) is 24.6 Å². The van der Waals surface area contributed by atoms with Crippen molar-refractivity contribution in [3.05, 3.63) is 34.3 Å². The summed E-state index contributed by atoms with van der Waals surface area (Å²) in [6, 6.07) is 3.29. The molecule has 0 fully saturated rings. The van der Waals surface area contributed by atoms with Crippen molar-refractivity contribution in [2.45, 2.75) is 51.5 Å². The Labute approximate surface area is 169 Å². The predicted octanol–water partition coefficient (Wildman–Crippen LogP) is 2.33. The molecule has 0 spiro atoms. The van der Waals surface area contributed by atoms with Gasteiger partial charge in [0.15, 0.2) is 0 Å². The number of hydrogen-bond acceptors (Lipinski definition) is 6. The Morgan fingerprint density at radius 3 is 2.46 bits per heavy atom. The third-order valence-electron chi connectivity index (χ3n) is 4.15. The number of carbonyl (C=O) groups is 2. The summed E-state index contributed by atoms with van der Waals surface area (Å²) in [5.41, 5.74) is 5.95. The van der Waals surface area contributed by atoms with Crippen LogP contribution < -0.4 is 10.5 Å². The van der Waals surface area contributed by atoms with Crippen molar-refractivity contribution in [3.8, 4) is 0 Å². The third kappa shape index (κ3) is 5.41. The highest BCUT2D eigenvalue weighted by Crippen LogP contribution is 2.23. The van der Waals surface area contributed by atoms with Crippen LogP contribution in [0.5, 0.6) is 0 Å². The Hall–Kier alpha value is -2.20. The molecule has 0 aliphatic rings. The fourth-order valence-corrected chi connectivity index (χ4v) is 5.17. The molecule has 2 rings (SSSR count). The van der Waals surface area contributed by atoms with Gasteiger partial charge in [0.05, 0.1) is 5.69 Å². The first-order valence-corrected chi connectivity index (χ1v) is 11.4. The van der Waals surface area contributed by atoms with Crippen LogP contribution in [0, 0.1) is 11.8 Å². The molecule has 154 valence electrons. The zero-order valence-electron chi connectivity index (χ0n) is 16.4. The van der Waals surface area contributed by atoms with Crippen LogP contribution >= 0.6 is 11.3 Å². The van der Waals surface area contributed by atoms with E-state index in [1.165, 1.54) is 11.4 Å². The van der Waals surface area contributed by atoms with Gasteiger partial charge in [-0.25, -0.2) is 13.1 Å². The Morgan fingerprint density at radius 2 is 1.93 bits per heavy atom. The number of aromatic nitrogens is 2. The lowest BCUT2D eigenvalue weighted by molar-refractivity contribution is -0.123. The van der Waals surface area contributed by atoms with E-state index in [9.17, 15) is 18.0 Å². The zero-order chi connectivity index (χ0) is 21.1. The highest BCUT2D eigenvalue weighted by molar-refractivity contribution is 7.90. The van der Waals surface area contributed by atoms with Gasteiger partial charge >= 0.3 is 0 Å². The lowest BCUT2D eigenvalue weighted by Crippen LogP contribution is -2.37. The van der Waals surface area contributed by atoms with Gasteiger partial charge in [-0.15, -0.1) is 11.3 Å². The summed E-state index contributed by atoms with van der Waals surface area (Å²) in [5.74, 6) is -1.84. The van der Waals surface area contributed by atoms with E-state index in [-0.39, 0.29) is 21.7 Å². The SMILES string of the molecule is CC(C)CC(Cc1ccn(C(C)C)n1)C(=O)NS(=O)(=O)c1ccsc1C(N)=O. The number of rotatable bonds is 9. The molecule has 0 aliphatic heterocycles. The van der Waals surface area contributed by atoms with Crippen LogP contribution in [-0.2, 0) is 21.2 Å². The minimum absolute atomic E-state index is 0.101. The van der Waals surface area contributed by atoms with Crippen molar-refractivity contribution in [2.24, 2.45) is 17.6 Å². The molecule has 8 nitrogen and oxygen atoms in total. The van der Waals surface area contributed by atoms with Gasteiger partial charge in [-0.3, -0.25) is 14.3 Å². The summed E-state index contributed by atoms with van der Waals surface area (Å²) in [6.07, 6.45) is 2.67. The monoisotopic (exact) mass is 426 g/mol. The van der Waals surface area contributed by atoms with Crippen LogP contribution in [0.15, 0.2) is 28.6 Å². The van der Waals surface area contributed by atoms with Gasteiger partial charge in [-0.2, -0.15) is 5.10 Å². The number of thiophene rings is 1. The number of hydrogen-bond donors (Lipinski definition) is 2. The highest BCUT2D eigenvalue weighted by atomic mass is 32.2. The lowest BCUT2D eigenvalue weighted by Gasteiger charge is -2.18. The molecule has 2 amide bonds. The molecule has 0 saturated carbocycles. The van der Waals surface area contributed by atoms with Crippen molar-refractivity contribution in [3.63, 3.8) is 0 Å². The lowest BCUT2D eigenvalue weighted by atomic mass is 9.92. The maximum absolute atomic E-state index is 12.8. The topological polar surface area (TPSA) is 124 Å². The number of nitrogens with two attached hydrogens (primary N) is 1. The van der Waals surface area contributed by atoms with E-state index < -0.39 is 27.8 Å². The number of primary amides is 1. The average Bonchev–Trinajstić information content (AvgIpc) is 3.23. The molecule has 1 atom stereocenters. The minimum atomic E-state index is -4.19. The fourth-order valence-electron chi connectivity index (χ4n) is 2.84. The van der Waals surface area contributed by atoms with Gasteiger partial charge in [0.1, 0.15) is 9.77 Å². The Bertz CT molecular complexity index is 944. The predicted molar refractivity (Wildman–Crippen MR) is 107 cm³/mol. The number of sulfonamides is 1. The molecule has 1 unspecified atom stereocenters. The average molecular weight is 427 g/mol. The van der Waals surface area contributed by atoms with Crippen LogP contribution in [0.4, 0.5) is 0 Å². The molecule has 28 heavy (non-hydrogen) atoms. The number of nitrogens with one attached hydrogen (secondary N) is 1. The molecule has 0 bridgehead atoms. The maximum Gasteiger partial charge on any atom is 0.265 e. The summed E-state index contributed by atoms with van der Waals surface area (Å²) in [4.78, 5) is 23.8. The normalized spacial score (nSPS) is 13.1. The van der Waals surface area contributed by atoms with Crippen molar-refractivity contribution in [1.29, 1.82) is 0 Å². The van der Waals surface area contributed by atoms with Gasteiger partial charge in [0.25, 0.3) is 15.9 Å². The van der Waals surface area contributed by atoms with E-state index in [1.807, 2.05) is 40.0 Å². The zero-order valence-corrected chi connectivity index (χ0v) is 18.0. The molecule has 2 aromatic heterocycles. The van der Waals surface area contributed by atoms with Crippen LogP contribution in [0.1, 0.15) is 55.5 Å². The summed E-state index contributed by atoms with van der Waals surface area (Å²) >= 11 is 0.921. The first-order chi connectivity index (χ1) is 13.0.